The van der Waals surface area contributed by atoms with E-state index in [4.69, 9.17) is 4.74 Å². The van der Waals surface area contributed by atoms with E-state index in [1.807, 2.05) is 13.8 Å². The summed E-state index contributed by atoms with van der Waals surface area (Å²) < 4.78 is 17.9. The maximum Gasteiger partial charge on any atom is 0.256 e. The second-order valence-electron chi connectivity index (χ2n) is 10.1. The van der Waals surface area contributed by atoms with Crippen LogP contribution in [0, 0.1) is 11.0 Å². The highest BCUT2D eigenvalue weighted by Crippen LogP contribution is 2.38. The van der Waals surface area contributed by atoms with Crippen LogP contribution in [0.4, 0.5) is 10.1 Å². The molecule has 1 aromatic heterocycles. The normalized spacial score (nSPS) is 19.6. The molecule has 38 heavy (non-hydrogen) atoms. The molecule has 1 fully saturated rings. The number of likely N-dealkylation sites (tertiary alicyclic amines) is 1. The number of fused-ring (bicyclic) bond motifs is 1. The highest BCUT2D eigenvalue weighted by Gasteiger charge is 2.38. The molecule has 2 N–H and O–H groups in total. The molecular weight excluding hydrogens is 491 g/mol. The van der Waals surface area contributed by atoms with Gasteiger partial charge in [0.25, 0.3) is 5.91 Å². The van der Waals surface area contributed by atoms with Gasteiger partial charge in [-0.05, 0) is 56.4 Å². The number of hydrogen-bond acceptors (Lipinski definition) is 6. The Bertz CT molecular complexity index is 1200. The highest BCUT2D eigenvalue weighted by atomic mass is 19.1. The number of aromatic nitrogens is 1. The zero-order valence-electron chi connectivity index (χ0n) is 21.9. The summed E-state index contributed by atoms with van der Waals surface area (Å²) in [6, 6.07) is 7.77. The molecule has 2 aromatic rings. The lowest BCUT2D eigenvalue weighted by Crippen LogP contribution is -2.54. The molecule has 0 radical (unpaired) electrons. The molecule has 3 heterocycles. The third-order valence-electron chi connectivity index (χ3n) is 6.87. The number of rotatable bonds is 10. The molecule has 2 aliphatic rings. The minimum absolute atomic E-state index is 0.0119. The lowest BCUT2D eigenvalue weighted by Gasteiger charge is -2.46. The van der Waals surface area contributed by atoms with Gasteiger partial charge >= 0.3 is 0 Å². The molecule has 0 aliphatic carbocycles. The first kappa shape index (κ1) is 27.7. The van der Waals surface area contributed by atoms with E-state index in [0.29, 0.717) is 31.6 Å². The van der Waals surface area contributed by atoms with Crippen LogP contribution in [0.3, 0.4) is 0 Å². The molecule has 0 bridgehead atoms. The van der Waals surface area contributed by atoms with Crippen molar-refractivity contribution in [1.82, 2.24) is 19.8 Å². The van der Waals surface area contributed by atoms with Gasteiger partial charge in [0.1, 0.15) is 24.5 Å². The largest absolute Gasteiger partial charge is 0.627 e. The topological polar surface area (TPSA) is 115 Å². The van der Waals surface area contributed by atoms with Crippen molar-refractivity contribution in [2.24, 2.45) is 0 Å². The van der Waals surface area contributed by atoms with Gasteiger partial charge in [-0.1, -0.05) is 12.1 Å². The molecule has 9 nitrogen and oxygen atoms in total. The van der Waals surface area contributed by atoms with Crippen molar-refractivity contribution >= 4 is 23.3 Å². The van der Waals surface area contributed by atoms with Crippen molar-refractivity contribution in [3.8, 4) is 0 Å². The van der Waals surface area contributed by atoms with Crippen LogP contribution in [-0.2, 0) is 20.7 Å². The number of aliphatic hydroxyl groups excluding tert-OH is 1. The Labute approximate surface area is 222 Å². The van der Waals surface area contributed by atoms with Crippen molar-refractivity contribution in [3.05, 3.63) is 69.9 Å². The summed E-state index contributed by atoms with van der Waals surface area (Å²) in [5, 5.41) is 28.1. The van der Waals surface area contributed by atoms with Crippen LogP contribution in [0.25, 0.3) is 5.76 Å². The fourth-order valence-corrected chi connectivity index (χ4v) is 4.81. The van der Waals surface area contributed by atoms with E-state index >= 15 is 0 Å². The van der Waals surface area contributed by atoms with Gasteiger partial charge in [-0.3, -0.25) is 9.59 Å². The van der Waals surface area contributed by atoms with Crippen LogP contribution in [0.2, 0.25) is 0 Å². The fourth-order valence-electron chi connectivity index (χ4n) is 4.81. The maximum atomic E-state index is 14.4. The first-order valence-corrected chi connectivity index (χ1v) is 13.1. The van der Waals surface area contributed by atoms with E-state index < -0.39 is 10.6 Å². The smallest absolute Gasteiger partial charge is 0.256 e. The van der Waals surface area contributed by atoms with Crippen LogP contribution in [0.15, 0.2) is 42.1 Å². The van der Waals surface area contributed by atoms with Crippen LogP contribution in [-0.4, -0.2) is 72.2 Å². The minimum Gasteiger partial charge on any atom is -0.627 e. The Morgan fingerprint density at radius 3 is 2.74 bits per heavy atom. The van der Waals surface area contributed by atoms with Crippen molar-refractivity contribution in [2.75, 3.05) is 39.3 Å². The van der Waals surface area contributed by atoms with Gasteiger partial charge in [0.15, 0.2) is 17.1 Å². The number of hydrogen-bond donors (Lipinski definition) is 2. The monoisotopic (exact) mass is 526 g/mol. The number of aliphatic hydroxyl groups is 1. The Morgan fingerprint density at radius 1 is 1.26 bits per heavy atom. The van der Waals surface area contributed by atoms with Gasteiger partial charge in [0.05, 0.1) is 19.3 Å². The Kier molecular flexibility index (Phi) is 8.76. The molecular formula is C28H35FN4O5. The average molecular weight is 527 g/mol. The third-order valence-corrected chi connectivity index (χ3v) is 6.87. The van der Waals surface area contributed by atoms with Gasteiger partial charge in [-0.2, -0.15) is 0 Å². The standard InChI is InChI=1S/C28H35FN4O5/c1-19(2)38-14-10-30-28(36)23-18-33(37,13-12-32-11-4-3-5-25(32)34)24-16-21(17-31-26(24)27(23)35)15-20-6-8-22(29)9-7-20/h6-9,16-17,19,35H,3-5,10-15,18H2,1-2H3,(H,30,36). The number of halogens is 1. The molecule has 0 spiro atoms. The van der Waals surface area contributed by atoms with Crippen LogP contribution in [0.1, 0.15) is 49.9 Å². The predicted octanol–water partition coefficient (Wildman–Crippen LogP) is 3.45. The summed E-state index contributed by atoms with van der Waals surface area (Å²) in [6.07, 6.45) is 4.17. The predicted molar refractivity (Wildman–Crippen MR) is 142 cm³/mol. The van der Waals surface area contributed by atoms with Gasteiger partial charge in [-0.15, -0.1) is 0 Å². The quantitative estimate of drug-likeness (QED) is 0.278. The van der Waals surface area contributed by atoms with Crippen molar-refractivity contribution in [3.63, 3.8) is 0 Å². The van der Waals surface area contributed by atoms with E-state index in [0.717, 1.165) is 18.4 Å². The highest BCUT2D eigenvalue weighted by molar-refractivity contribution is 6.02. The summed E-state index contributed by atoms with van der Waals surface area (Å²) >= 11 is 0. The number of nitrogens with zero attached hydrogens (tertiary/aromatic N) is 3. The number of piperidine rings is 1. The summed E-state index contributed by atoms with van der Waals surface area (Å²) in [5.41, 5.74) is 1.82. The van der Waals surface area contributed by atoms with E-state index in [-0.39, 0.29) is 66.7 Å². The average Bonchev–Trinajstić information content (AvgIpc) is 2.89. The number of carbonyl (C=O) groups excluding carboxylic acids is 2. The van der Waals surface area contributed by atoms with Crippen molar-refractivity contribution in [2.45, 2.75) is 45.6 Å². The first-order chi connectivity index (χ1) is 18.2. The van der Waals surface area contributed by atoms with Crippen LogP contribution >= 0.6 is 0 Å². The number of ether oxygens (including phenoxy) is 1. The molecule has 0 saturated carbocycles. The van der Waals surface area contributed by atoms with Gasteiger partial charge in [0, 0.05) is 31.8 Å². The summed E-state index contributed by atoms with van der Waals surface area (Å²) in [6.45, 7) is 4.86. The lowest BCUT2D eigenvalue weighted by atomic mass is 10.00. The number of quaternary nitrogens is 1. The van der Waals surface area contributed by atoms with E-state index in [1.54, 1.807) is 29.3 Å². The fraction of sp³-hybridized carbons (Fsp3) is 0.464. The van der Waals surface area contributed by atoms with E-state index in [9.17, 15) is 24.3 Å². The third kappa shape index (κ3) is 6.56. The molecule has 4 rings (SSSR count). The van der Waals surface area contributed by atoms with Crippen molar-refractivity contribution < 1.29 is 23.8 Å². The van der Waals surface area contributed by atoms with Crippen LogP contribution < -0.4 is 9.96 Å². The second-order valence-corrected chi connectivity index (χ2v) is 10.1. The molecule has 1 atom stereocenters. The molecule has 10 heteroatoms. The van der Waals surface area contributed by atoms with Gasteiger partial charge in [0.2, 0.25) is 5.91 Å². The van der Waals surface area contributed by atoms with Crippen LogP contribution in [0.5, 0.6) is 0 Å². The number of carbonyl (C=O) groups is 2. The first-order valence-electron chi connectivity index (χ1n) is 13.1. The van der Waals surface area contributed by atoms with E-state index in [1.165, 1.54) is 12.1 Å². The molecule has 1 aromatic carbocycles. The Hall–Kier alpha value is -3.34. The van der Waals surface area contributed by atoms with E-state index in [2.05, 4.69) is 10.3 Å². The summed E-state index contributed by atoms with van der Waals surface area (Å²) in [4.78, 5) is 31.4. The molecule has 2 amide bonds. The Morgan fingerprint density at radius 2 is 2.03 bits per heavy atom. The SMILES string of the molecule is CC(C)OCCNC(=O)C1=C(O)c2ncc(Cc3ccc(F)cc3)cc2[N+]([O-])(CCN2CCCCC2=O)C1. The van der Waals surface area contributed by atoms with Gasteiger partial charge in [-0.25, -0.2) is 9.37 Å². The number of pyridine rings is 1. The molecule has 1 unspecified atom stereocenters. The zero-order valence-corrected chi connectivity index (χ0v) is 21.9. The minimum atomic E-state index is -0.932. The molecule has 2 aliphatic heterocycles. The summed E-state index contributed by atoms with van der Waals surface area (Å²) in [5.74, 6) is -1.19. The zero-order chi connectivity index (χ0) is 27.3. The summed E-state index contributed by atoms with van der Waals surface area (Å²) in [7, 11) is 0. The second kappa shape index (κ2) is 12.0. The van der Waals surface area contributed by atoms with Crippen molar-refractivity contribution in [1.29, 1.82) is 0 Å². The molecule has 204 valence electrons. The number of hydroxylamine groups is 2. The number of amides is 2. The maximum absolute atomic E-state index is 14.4. The lowest BCUT2D eigenvalue weighted by molar-refractivity contribution is -0.133. The number of benzene rings is 1. The van der Waals surface area contributed by atoms with Gasteiger partial charge < -0.3 is 29.9 Å². The number of nitrogens with one attached hydrogen (secondary N) is 1. The molecule has 1 saturated heterocycles. The Balaban J connectivity index is 1.62.